The highest BCUT2D eigenvalue weighted by atomic mass is 32.2. The molecule has 0 radical (unpaired) electrons. The van der Waals surface area contributed by atoms with Crippen molar-refractivity contribution in [3.63, 3.8) is 0 Å². The topological polar surface area (TPSA) is 119 Å². The van der Waals surface area contributed by atoms with Gasteiger partial charge >= 0.3 is 5.97 Å². The lowest BCUT2D eigenvalue weighted by Gasteiger charge is -2.39. The molecule has 11 heteroatoms. The van der Waals surface area contributed by atoms with Crippen LogP contribution in [0.25, 0.3) is 0 Å². The minimum absolute atomic E-state index is 0.0617. The van der Waals surface area contributed by atoms with Crippen LogP contribution in [-0.2, 0) is 19.6 Å². The van der Waals surface area contributed by atoms with E-state index in [0.29, 0.717) is 34.3 Å². The Kier molecular flexibility index (Phi) is 5.48. The molecule has 1 saturated heterocycles. The SMILES string of the molecule is COc1cc(C2c3cc4c(cc3C(NS(C)(=O)=O)C3COC(=O)C23)OCO4)cc(OC)c1OC. The maximum absolute atomic E-state index is 13.0. The Morgan fingerprint density at radius 2 is 1.53 bits per heavy atom. The van der Waals surface area contributed by atoms with Crippen LogP contribution in [0.3, 0.4) is 0 Å². The van der Waals surface area contributed by atoms with Crippen LogP contribution in [0.5, 0.6) is 28.7 Å². The number of rotatable bonds is 6. The van der Waals surface area contributed by atoms with Crippen LogP contribution in [0.1, 0.15) is 28.7 Å². The standard InChI is InChI=1S/C23H25NO9S/c1-28-17-5-11(6-18(29-2)22(17)30-3)19-12-7-15-16(33-10-32-15)8-13(12)21(24-34(4,26)27)14-9-31-23(25)20(14)19/h5-8,14,19-21,24H,9-10H2,1-4H3. The van der Waals surface area contributed by atoms with Gasteiger partial charge in [-0.15, -0.1) is 0 Å². The van der Waals surface area contributed by atoms with E-state index < -0.39 is 39.8 Å². The normalized spacial score (nSPS) is 24.8. The van der Waals surface area contributed by atoms with Gasteiger partial charge in [-0.25, -0.2) is 13.1 Å². The maximum Gasteiger partial charge on any atom is 0.310 e. The highest BCUT2D eigenvalue weighted by Crippen LogP contribution is 2.55. The summed E-state index contributed by atoms with van der Waals surface area (Å²) >= 11 is 0. The Morgan fingerprint density at radius 3 is 2.09 bits per heavy atom. The molecular formula is C23H25NO9S. The smallest absolute Gasteiger partial charge is 0.310 e. The van der Waals surface area contributed by atoms with Gasteiger partial charge in [0, 0.05) is 11.8 Å². The van der Waals surface area contributed by atoms with Gasteiger partial charge in [-0.05, 0) is 41.0 Å². The lowest BCUT2D eigenvalue weighted by atomic mass is 9.65. The van der Waals surface area contributed by atoms with E-state index in [4.69, 9.17) is 28.4 Å². The molecule has 0 bridgehead atoms. The second-order valence-corrected chi connectivity index (χ2v) is 10.2. The number of carbonyl (C=O) groups excluding carboxylic acids is 1. The summed E-state index contributed by atoms with van der Waals surface area (Å²) in [6.45, 7) is 0.150. The molecule has 0 aromatic heterocycles. The number of methoxy groups -OCH3 is 3. The zero-order chi connectivity index (χ0) is 24.2. The van der Waals surface area contributed by atoms with Gasteiger partial charge in [-0.2, -0.15) is 0 Å². The molecule has 10 nitrogen and oxygen atoms in total. The van der Waals surface area contributed by atoms with Crippen molar-refractivity contribution in [2.24, 2.45) is 11.8 Å². The molecule has 0 amide bonds. The van der Waals surface area contributed by atoms with Crippen molar-refractivity contribution < 1.29 is 41.6 Å². The fourth-order valence-electron chi connectivity index (χ4n) is 5.23. The molecule has 34 heavy (non-hydrogen) atoms. The number of hydrogen-bond donors (Lipinski definition) is 1. The molecule has 1 fully saturated rings. The summed E-state index contributed by atoms with van der Waals surface area (Å²) in [5.41, 5.74) is 2.18. The van der Waals surface area contributed by atoms with Gasteiger partial charge in [0.05, 0.1) is 46.2 Å². The first-order valence-corrected chi connectivity index (χ1v) is 12.5. The van der Waals surface area contributed by atoms with Crippen LogP contribution in [0.15, 0.2) is 24.3 Å². The summed E-state index contributed by atoms with van der Waals surface area (Å²) in [5.74, 6) is 0.414. The van der Waals surface area contributed by atoms with E-state index >= 15 is 0 Å². The molecule has 4 atom stereocenters. The van der Waals surface area contributed by atoms with Gasteiger partial charge < -0.3 is 28.4 Å². The van der Waals surface area contributed by atoms with Crippen LogP contribution in [0.4, 0.5) is 0 Å². The number of fused-ring (bicyclic) bond motifs is 3. The summed E-state index contributed by atoms with van der Waals surface area (Å²) in [7, 11) is 0.963. The molecule has 4 unspecified atom stereocenters. The molecular weight excluding hydrogens is 466 g/mol. The van der Waals surface area contributed by atoms with Crippen molar-refractivity contribution in [3.8, 4) is 28.7 Å². The van der Waals surface area contributed by atoms with Crippen LogP contribution in [0.2, 0.25) is 0 Å². The maximum atomic E-state index is 13.0. The minimum atomic E-state index is -3.59. The van der Waals surface area contributed by atoms with E-state index in [9.17, 15) is 13.2 Å². The number of ether oxygens (including phenoxy) is 6. The van der Waals surface area contributed by atoms with Crippen LogP contribution in [0, 0.1) is 11.8 Å². The van der Waals surface area contributed by atoms with Crippen LogP contribution >= 0.6 is 0 Å². The molecule has 5 rings (SSSR count). The first-order valence-electron chi connectivity index (χ1n) is 10.6. The zero-order valence-electron chi connectivity index (χ0n) is 19.1. The fraction of sp³-hybridized carbons (Fsp3) is 0.435. The molecule has 2 heterocycles. The number of cyclic esters (lactones) is 1. The first-order chi connectivity index (χ1) is 16.3. The molecule has 2 aromatic rings. The van der Waals surface area contributed by atoms with E-state index in [1.165, 1.54) is 21.3 Å². The molecule has 0 spiro atoms. The quantitative estimate of drug-likeness (QED) is 0.605. The number of nitrogens with one attached hydrogen (secondary N) is 1. The van der Waals surface area contributed by atoms with Crippen LogP contribution in [-0.4, -0.2) is 55.4 Å². The predicted octanol–water partition coefficient (Wildman–Crippen LogP) is 1.97. The van der Waals surface area contributed by atoms with Crippen molar-refractivity contribution in [2.75, 3.05) is 41.0 Å². The summed E-state index contributed by atoms with van der Waals surface area (Å²) in [5, 5.41) is 0. The lowest BCUT2D eigenvalue weighted by Crippen LogP contribution is -2.42. The number of carbonyl (C=O) groups is 1. The van der Waals surface area contributed by atoms with Gasteiger partial charge in [0.1, 0.15) is 0 Å². The van der Waals surface area contributed by atoms with Crippen molar-refractivity contribution in [1.82, 2.24) is 4.72 Å². The third-order valence-electron chi connectivity index (χ3n) is 6.57. The van der Waals surface area contributed by atoms with E-state index in [1.54, 1.807) is 18.2 Å². The van der Waals surface area contributed by atoms with Crippen molar-refractivity contribution in [1.29, 1.82) is 0 Å². The van der Waals surface area contributed by atoms with Gasteiger partial charge in [-0.1, -0.05) is 0 Å². The second kappa shape index (κ2) is 8.24. The Bertz CT molecular complexity index is 1230. The lowest BCUT2D eigenvalue weighted by molar-refractivity contribution is -0.141. The van der Waals surface area contributed by atoms with E-state index in [1.807, 2.05) is 6.07 Å². The number of esters is 1. The molecule has 1 aliphatic carbocycles. The molecule has 0 saturated carbocycles. The molecule has 2 aliphatic heterocycles. The van der Waals surface area contributed by atoms with E-state index in [0.717, 1.165) is 17.4 Å². The number of sulfonamides is 1. The average Bonchev–Trinajstić information content (AvgIpc) is 3.42. The summed E-state index contributed by atoms with van der Waals surface area (Å²) < 4.78 is 60.4. The van der Waals surface area contributed by atoms with Crippen molar-refractivity contribution in [2.45, 2.75) is 12.0 Å². The highest BCUT2D eigenvalue weighted by Gasteiger charge is 2.53. The summed E-state index contributed by atoms with van der Waals surface area (Å²) in [4.78, 5) is 13.0. The monoisotopic (exact) mass is 491 g/mol. The minimum Gasteiger partial charge on any atom is -0.493 e. The van der Waals surface area contributed by atoms with Gasteiger partial charge in [0.25, 0.3) is 0 Å². The predicted molar refractivity (Wildman–Crippen MR) is 119 cm³/mol. The van der Waals surface area contributed by atoms with Gasteiger partial charge in [-0.3, -0.25) is 4.79 Å². The largest absolute Gasteiger partial charge is 0.493 e. The average molecular weight is 492 g/mol. The van der Waals surface area contributed by atoms with Gasteiger partial charge in [0.2, 0.25) is 22.6 Å². The Morgan fingerprint density at radius 1 is 0.912 bits per heavy atom. The molecule has 3 aliphatic rings. The number of hydrogen-bond acceptors (Lipinski definition) is 9. The molecule has 182 valence electrons. The third-order valence-corrected chi connectivity index (χ3v) is 7.26. The van der Waals surface area contributed by atoms with Crippen molar-refractivity contribution in [3.05, 3.63) is 41.0 Å². The molecule has 1 N–H and O–H groups in total. The second-order valence-electron chi connectivity index (χ2n) is 8.46. The number of benzene rings is 2. The van der Waals surface area contributed by atoms with Crippen molar-refractivity contribution >= 4 is 16.0 Å². The Labute approximate surface area is 197 Å². The third kappa shape index (κ3) is 3.59. The highest BCUT2D eigenvalue weighted by molar-refractivity contribution is 7.88. The van der Waals surface area contributed by atoms with E-state index in [2.05, 4.69) is 4.72 Å². The fourth-order valence-corrected chi connectivity index (χ4v) is 5.99. The van der Waals surface area contributed by atoms with Crippen LogP contribution < -0.4 is 28.4 Å². The first kappa shape index (κ1) is 22.6. The summed E-state index contributed by atoms with van der Waals surface area (Å²) in [6, 6.07) is 6.52. The van der Waals surface area contributed by atoms with E-state index in [-0.39, 0.29) is 13.4 Å². The Balaban J connectivity index is 1.76. The Hall–Kier alpha value is -3.18. The van der Waals surface area contributed by atoms with Gasteiger partial charge in [0.15, 0.2) is 23.0 Å². The zero-order valence-corrected chi connectivity index (χ0v) is 19.9. The summed E-state index contributed by atoms with van der Waals surface area (Å²) in [6.07, 6.45) is 1.09. The molecule has 2 aromatic carbocycles.